The second-order valence-electron chi connectivity index (χ2n) is 6.78. The maximum Gasteiger partial charge on any atom is 0.0370 e. The molecule has 1 aliphatic rings. The molecule has 1 N–H and O–H groups in total. The number of thiophene rings is 1. The molecule has 1 aromatic heterocycles. The molecule has 0 aromatic carbocycles. The standard InChI is InChI=1S/C16H27NS/c1-7-9-17-13(12-8-10-18-11(12)2)14-15(3,4)16(14,5)6/h8,10,13-14,17H,7,9H2,1-6H3. The van der Waals surface area contributed by atoms with Gasteiger partial charge in [0, 0.05) is 10.9 Å². The van der Waals surface area contributed by atoms with Gasteiger partial charge in [-0.05, 0) is 53.6 Å². The summed E-state index contributed by atoms with van der Waals surface area (Å²) in [5, 5.41) is 6.02. The summed E-state index contributed by atoms with van der Waals surface area (Å²) >= 11 is 1.87. The Kier molecular flexibility index (Phi) is 3.63. The van der Waals surface area contributed by atoms with Crippen molar-refractivity contribution in [2.45, 2.75) is 54.0 Å². The van der Waals surface area contributed by atoms with E-state index in [4.69, 9.17) is 0 Å². The number of nitrogens with one attached hydrogen (secondary N) is 1. The fourth-order valence-electron chi connectivity index (χ4n) is 3.51. The number of rotatable bonds is 5. The molecule has 0 bridgehead atoms. The molecule has 1 fully saturated rings. The van der Waals surface area contributed by atoms with E-state index >= 15 is 0 Å². The lowest BCUT2D eigenvalue weighted by atomic mass is 9.97. The average Bonchev–Trinajstić information content (AvgIpc) is 2.64. The third kappa shape index (κ3) is 2.04. The van der Waals surface area contributed by atoms with Crippen molar-refractivity contribution < 1.29 is 0 Å². The van der Waals surface area contributed by atoms with E-state index in [1.165, 1.54) is 16.9 Å². The first kappa shape index (κ1) is 14.1. The van der Waals surface area contributed by atoms with Gasteiger partial charge >= 0.3 is 0 Å². The summed E-state index contributed by atoms with van der Waals surface area (Å²) in [5.74, 6) is 0.741. The normalized spacial score (nSPS) is 23.0. The van der Waals surface area contributed by atoms with Gasteiger partial charge in [-0.2, -0.15) is 0 Å². The molecule has 1 aliphatic carbocycles. The molecule has 0 amide bonds. The third-order valence-corrected chi connectivity index (χ3v) is 6.18. The minimum Gasteiger partial charge on any atom is -0.310 e. The van der Waals surface area contributed by atoms with Crippen molar-refractivity contribution in [3.63, 3.8) is 0 Å². The summed E-state index contributed by atoms with van der Waals surface area (Å²) in [7, 11) is 0. The Morgan fingerprint density at radius 3 is 2.28 bits per heavy atom. The van der Waals surface area contributed by atoms with E-state index in [-0.39, 0.29) is 0 Å². The molecule has 0 spiro atoms. The summed E-state index contributed by atoms with van der Waals surface area (Å²) < 4.78 is 0. The lowest BCUT2D eigenvalue weighted by Gasteiger charge is -2.21. The van der Waals surface area contributed by atoms with Gasteiger partial charge in [-0.3, -0.25) is 0 Å². The number of aryl methyl sites for hydroxylation is 1. The van der Waals surface area contributed by atoms with Crippen molar-refractivity contribution >= 4 is 11.3 Å². The maximum absolute atomic E-state index is 3.79. The molecule has 0 saturated heterocycles. The quantitative estimate of drug-likeness (QED) is 0.808. The Morgan fingerprint density at radius 1 is 1.28 bits per heavy atom. The van der Waals surface area contributed by atoms with Gasteiger partial charge in [-0.15, -0.1) is 11.3 Å². The molecule has 1 aromatic rings. The highest BCUT2D eigenvalue weighted by Gasteiger charge is 2.67. The van der Waals surface area contributed by atoms with Crippen LogP contribution in [-0.4, -0.2) is 6.54 Å². The zero-order valence-corrected chi connectivity index (χ0v) is 13.4. The van der Waals surface area contributed by atoms with Crippen LogP contribution in [0.4, 0.5) is 0 Å². The predicted molar refractivity (Wildman–Crippen MR) is 81.1 cm³/mol. The fraction of sp³-hybridized carbons (Fsp3) is 0.750. The van der Waals surface area contributed by atoms with Crippen LogP contribution in [0.1, 0.15) is 57.5 Å². The van der Waals surface area contributed by atoms with Crippen LogP contribution in [0.25, 0.3) is 0 Å². The molecule has 1 nitrogen and oxygen atoms in total. The molecule has 1 unspecified atom stereocenters. The van der Waals surface area contributed by atoms with Crippen molar-refractivity contribution in [2.75, 3.05) is 6.54 Å². The Hall–Kier alpha value is -0.340. The molecule has 18 heavy (non-hydrogen) atoms. The van der Waals surface area contributed by atoms with E-state index in [1.807, 2.05) is 11.3 Å². The number of hydrogen-bond acceptors (Lipinski definition) is 2. The zero-order valence-electron chi connectivity index (χ0n) is 12.6. The Labute approximate surface area is 116 Å². The van der Waals surface area contributed by atoms with Gasteiger partial charge in [0.1, 0.15) is 0 Å². The van der Waals surface area contributed by atoms with Crippen molar-refractivity contribution in [3.05, 3.63) is 21.9 Å². The summed E-state index contributed by atoms with van der Waals surface area (Å²) in [6, 6.07) is 2.85. The summed E-state index contributed by atoms with van der Waals surface area (Å²) in [6.45, 7) is 15.3. The summed E-state index contributed by atoms with van der Waals surface area (Å²) in [4.78, 5) is 1.47. The lowest BCUT2D eigenvalue weighted by Crippen LogP contribution is -2.26. The van der Waals surface area contributed by atoms with E-state index in [0.717, 1.165) is 12.5 Å². The van der Waals surface area contributed by atoms with Gasteiger partial charge in [0.05, 0.1) is 0 Å². The van der Waals surface area contributed by atoms with Gasteiger partial charge < -0.3 is 5.32 Å². The van der Waals surface area contributed by atoms with E-state index in [0.29, 0.717) is 16.9 Å². The zero-order chi connectivity index (χ0) is 13.6. The predicted octanol–water partition coefficient (Wildman–Crippen LogP) is 4.78. The largest absolute Gasteiger partial charge is 0.310 e. The van der Waals surface area contributed by atoms with Crippen LogP contribution in [0.3, 0.4) is 0 Å². The Balaban J connectivity index is 2.26. The average molecular weight is 265 g/mol. The van der Waals surface area contributed by atoms with E-state index in [9.17, 15) is 0 Å². The first-order valence-corrected chi connectivity index (χ1v) is 7.99. The highest BCUT2D eigenvalue weighted by Crippen LogP contribution is 2.72. The van der Waals surface area contributed by atoms with Crippen LogP contribution in [0.15, 0.2) is 11.4 Å². The molecule has 0 aliphatic heterocycles. The lowest BCUT2D eigenvalue weighted by molar-refractivity contribution is 0.409. The smallest absolute Gasteiger partial charge is 0.0370 e. The van der Waals surface area contributed by atoms with Gasteiger partial charge in [0.15, 0.2) is 0 Å². The molecule has 1 atom stereocenters. The summed E-state index contributed by atoms with van der Waals surface area (Å²) in [5.41, 5.74) is 2.40. The molecular formula is C16H27NS. The molecule has 1 heterocycles. The molecule has 102 valence electrons. The van der Waals surface area contributed by atoms with E-state index in [2.05, 4.69) is 58.3 Å². The molecular weight excluding hydrogens is 238 g/mol. The number of hydrogen-bond donors (Lipinski definition) is 1. The fourth-order valence-corrected chi connectivity index (χ4v) is 4.26. The minimum atomic E-state index is 0.437. The van der Waals surface area contributed by atoms with Gasteiger partial charge in [-0.25, -0.2) is 0 Å². The second kappa shape index (κ2) is 4.64. The first-order valence-electron chi connectivity index (χ1n) is 7.11. The van der Waals surface area contributed by atoms with Crippen molar-refractivity contribution in [1.29, 1.82) is 0 Å². The van der Waals surface area contributed by atoms with Crippen molar-refractivity contribution in [3.8, 4) is 0 Å². The maximum atomic E-state index is 3.79. The van der Waals surface area contributed by atoms with Gasteiger partial charge in [-0.1, -0.05) is 34.6 Å². The van der Waals surface area contributed by atoms with Crippen LogP contribution in [0.5, 0.6) is 0 Å². The van der Waals surface area contributed by atoms with Crippen LogP contribution < -0.4 is 5.32 Å². The highest BCUT2D eigenvalue weighted by molar-refractivity contribution is 7.10. The van der Waals surface area contributed by atoms with Crippen LogP contribution in [-0.2, 0) is 0 Å². The summed E-state index contributed by atoms with van der Waals surface area (Å²) in [6.07, 6.45) is 1.20. The van der Waals surface area contributed by atoms with Crippen LogP contribution in [0, 0.1) is 23.7 Å². The van der Waals surface area contributed by atoms with Gasteiger partial charge in [0.25, 0.3) is 0 Å². The van der Waals surface area contributed by atoms with Crippen LogP contribution >= 0.6 is 11.3 Å². The Morgan fingerprint density at radius 2 is 1.89 bits per heavy atom. The Bertz CT molecular complexity index is 402. The molecule has 2 heteroatoms. The second-order valence-corrected chi connectivity index (χ2v) is 7.91. The van der Waals surface area contributed by atoms with Crippen LogP contribution in [0.2, 0.25) is 0 Å². The highest BCUT2D eigenvalue weighted by atomic mass is 32.1. The molecule has 0 radical (unpaired) electrons. The molecule has 2 rings (SSSR count). The third-order valence-electron chi connectivity index (χ3n) is 5.31. The monoisotopic (exact) mass is 265 g/mol. The molecule has 1 saturated carbocycles. The van der Waals surface area contributed by atoms with E-state index in [1.54, 1.807) is 0 Å². The van der Waals surface area contributed by atoms with Crippen molar-refractivity contribution in [1.82, 2.24) is 5.32 Å². The van der Waals surface area contributed by atoms with E-state index < -0.39 is 0 Å². The first-order chi connectivity index (χ1) is 8.34. The SMILES string of the molecule is CCCNC(c1ccsc1C)C1C(C)(C)C1(C)C. The van der Waals surface area contributed by atoms with Gasteiger partial charge in [0.2, 0.25) is 0 Å². The topological polar surface area (TPSA) is 12.0 Å². The minimum absolute atomic E-state index is 0.437. The van der Waals surface area contributed by atoms with Crippen molar-refractivity contribution in [2.24, 2.45) is 16.7 Å².